The molecular formula is C20H18F2N2O3S. The number of aromatic nitrogens is 1. The fraction of sp³-hybridized carbons (Fsp3) is 0.250. The molecule has 0 radical (unpaired) electrons. The second-order valence-corrected chi connectivity index (χ2v) is 7.33. The molecule has 0 saturated carbocycles. The first-order valence-corrected chi connectivity index (χ1v) is 9.55. The highest BCUT2D eigenvalue weighted by atomic mass is 32.1. The first-order valence-electron chi connectivity index (χ1n) is 8.73. The average Bonchev–Trinajstić information content (AvgIpc) is 3.10. The van der Waals surface area contributed by atoms with Crippen molar-refractivity contribution in [3.63, 3.8) is 0 Å². The van der Waals surface area contributed by atoms with Crippen molar-refractivity contribution >= 4 is 39.1 Å². The van der Waals surface area contributed by atoms with E-state index >= 15 is 0 Å². The Labute approximate surface area is 164 Å². The maximum Gasteiger partial charge on any atom is 0.303 e. The van der Waals surface area contributed by atoms with Gasteiger partial charge in [-0.15, -0.1) is 11.3 Å². The van der Waals surface area contributed by atoms with Crippen molar-refractivity contribution < 1.29 is 23.5 Å². The molecule has 0 aliphatic heterocycles. The number of hydrogen-bond acceptors (Lipinski definition) is 4. The van der Waals surface area contributed by atoms with Gasteiger partial charge in [-0.3, -0.25) is 9.59 Å². The zero-order valence-corrected chi connectivity index (χ0v) is 15.9. The smallest absolute Gasteiger partial charge is 0.303 e. The maximum atomic E-state index is 14.0. The van der Waals surface area contributed by atoms with E-state index in [4.69, 9.17) is 5.11 Å². The van der Waals surface area contributed by atoms with Gasteiger partial charge in [0.1, 0.15) is 10.5 Å². The molecule has 0 saturated heterocycles. The Bertz CT molecular complexity index is 1040. The predicted molar refractivity (Wildman–Crippen MR) is 103 cm³/mol. The number of carbonyl (C=O) groups excluding carboxylic acids is 1. The minimum absolute atomic E-state index is 0.0476. The van der Waals surface area contributed by atoms with Crippen LogP contribution >= 0.6 is 11.3 Å². The fourth-order valence-electron chi connectivity index (χ4n) is 2.80. The van der Waals surface area contributed by atoms with Crippen LogP contribution < -0.4 is 4.90 Å². The molecule has 0 spiro atoms. The van der Waals surface area contributed by atoms with Crippen LogP contribution in [-0.2, 0) is 22.6 Å². The molecule has 3 aromatic rings. The lowest BCUT2D eigenvalue weighted by Crippen LogP contribution is -2.30. The van der Waals surface area contributed by atoms with E-state index in [-0.39, 0.29) is 30.8 Å². The molecule has 1 amide bonds. The molecule has 1 aromatic heterocycles. The quantitative estimate of drug-likeness (QED) is 0.628. The molecule has 146 valence electrons. The number of aryl methyl sites for hydroxylation is 1. The Kier molecular flexibility index (Phi) is 5.99. The normalized spacial score (nSPS) is 11.0. The number of thiazole rings is 1. The molecular weight excluding hydrogens is 386 g/mol. The van der Waals surface area contributed by atoms with E-state index in [2.05, 4.69) is 4.98 Å². The number of halogens is 2. The van der Waals surface area contributed by atoms with E-state index in [1.54, 1.807) is 6.07 Å². The summed E-state index contributed by atoms with van der Waals surface area (Å²) in [4.78, 5) is 29.1. The molecule has 0 aliphatic rings. The largest absolute Gasteiger partial charge is 0.481 e. The number of anilines is 1. The predicted octanol–water partition coefficient (Wildman–Crippen LogP) is 4.53. The Morgan fingerprint density at radius 2 is 1.96 bits per heavy atom. The number of carboxylic acids is 1. The van der Waals surface area contributed by atoms with Crippen LogP contribution in [0.4, 0.5) is 14.5 Å². The van der Waals surface area contributed by atoms with Crippen LogP contribution in [0.1, 0.15) is 30.3 Å². The maximum absolute atomic E-state index is 14.0. The van der Waals surface area contributed by atoms with Crippen molar-refractivity contribution in [3.8, 4) is 0 Å². The van der Waals surface area contributed by atoms with Crippen LogP contribution in [0, 0.1) is 11.6 Å². The monoisotopic (exact) mass is 404 g/mol. The highest BCUT2D eigenvalue weighted by molar-refractivity contribution is 7.18. The van der Waals surface area contributed by atoms with E-state index < -0.39 is 17.6 Å². The molecule has 0 fully saturated rings. The van der Waals surface area contributed by atoms with E-state index in [1.807, 2.05) is 25.1 Å². The molecule has 0 bridgehead atoms. The van der Waals surface area contributed by atoms with Gasteiger partial charge in [-0.05, 0) is 36.2 Å². The Balaban J connectivity index is 1.95. The van der Waals surface area contributed by atoms with Crippen molar-refractivity contribution in [2.75, 3.05) is 4.90 Å². The van der Waals surface area contributed by atoms with Gasteiger partial charge in [0.25, 0.3) is 0 Å². The third-order valence-electron chi connectivity index (χ3n) is 4.27. The molecule has 0 atom stereocenters. The SMILES string of the molecule is CCc1cccc(N(Cc2nc3c(F)c(F)ccc3s2)C(=O)CCC(=O)O)c1. The van der Waals surface area contributed by atoms with Crippen LogP contribution in [0.25, 0.3) is 10.2 Å². The molecule has 3 rings (SSSR count). The number of fused-ring (bicyclic) bond motifs is 1. The number of carboxylic acid groups (broad SMARTS) is 1. The number of aliphatic carboxylic acids is 1. The van der Waals surface area contributed by atoms with Crippen LogP contribution in [0.2, 0.25) is 0 Å². The van der Waals surface area contributed by atoms with Gasteiger partial charge in [-0.25, -0.2) is 13.8 Å². The molecule has 0 aliphatic carbocycles. The zero-order valence-electron chi connectivity index (χ0n) is 15.1. The van der Waals surface area contributed by atoms with Gasteiger partial charge < -0.3 is 10.0 Å². The van der Waals surface area contributed by atoms with Gasteiger partial charge in [-0.1, -0.05) is 19.1 Å². The summed E-state index contributed by atoms with van der Waals surface area (Å²) < 4.78 is 27.9. The second kappa shape index (κ2) is 8.43. The lowest BCUT2D eigenvalue weighted by Gasteiger charge is -2.22. The first kappa shape index (κ1) is 19.9. The second-order valence-electron chi connectivity index (χ2n) is 6.21. The van der Waals surface area contributed by atoms with Crippen molar-refractivity contribution in [3.05, 3.63) is 58.6 Å². The zero-order chi connectivity index (χ0) is 20.3. The molecule has 5 nitrogen and oxygen atoms in total. The standard InChI is InChI=1S/C20H18F2N2O3S/c1-2-12-4-3-5-13(10-12)24(17(25)8-9-18(26)27)11-16-23-20-15(28-16)7-6-14(21)19(20)22/h3-7,10H,2,8-9,11H2,1H3,(H,26,27). The van der Waals surface area contributed by atoms with E-state index in [1.165, 1.54) is 22.3 Å². The van der Waals surface area contributed by atoms with Gasteiger partial charge in [0, 0.05) is 12.1 Å². The summed E-state index contributed by atoms with van der Waals surface area (Å²) in [5.41, 5.74) is 1.56. The molecule has 0 unspecified atom stereocenters. The van der Waals surface area contributed by atoms with Crippen LogP contribution in [0.5, 0.6) is 0 Å². The molecule has 8 heteroatoms. The number of carbonyl (C=O) groups is 2. The highest BCUT2D eigenvalue weighted by Crippen LogP contribution is 2.28. The lowest BCUT2D eigenvalue weighted by atomic mass is 10.1. The topological polar surface area (TPSA) is 70.5 Å². The number of hydrogen-bond donors (Lipinski definition) is 1. The summed E-state index contributed by atoms with van der Waals surface area (Å²) in [5, 5.41) is 9.32. The van der Waals surface area contributed by atoms with Gasteiger partial charge in [0.15, 0.2) is 11.6 Å². The van der Waals surface area contributed by atoms with Crippen LogP contribution in [-0.4, -0.2) is 22.0 Å². The van der Waals surface area contributed by atoms with Gasteiger partial charge in [0.05, 0.1) is 17.7 Å². The fourth-order valence-corrected chi connectivity index (χ4v) is 3.76. The molecule has 1 heterocycles. The minimum atomic E-state index is -1.06. The minimum Gasteiger partial charge on any atom is -0.481 e. The number of benzene rings is 2. The average molecular weight is 404 g/mol. The summed E-state index contributed by atoms with van der Waals surface area (Å²) in [5.74, 6) is -3.43. The van der Waals surface area contributed by atoms with Crippen molar-refractivity contribution in [2.45, 2.75) is 32.7 Å². The third kappa shape index (κ3) is 4.33. The highest BCUT2D eigenvalue weighted by Gasteiger charge is 2.20. The third-order valence-corrected chi connectivity index (χ3v) is 5.28. The summed E-state index contributed by atoms with van der Waals surface area (Å²) in [7, 11) is 0. The van der Waals surface area contributed by atoms with E-state index in [0.29, 0.717) is 15.4 Å². The Morgan fingerprint density at radius 3 is 2.68 bits per heavy atom. The van der Waals surface area contributed by atoms with Crippen LogP contribution in [0.3, 0.4) is 0 Å². The van der Waals surface area contributed by atoms with E-state index in [9.17, 15) is 18.4 Å². The summed E-state index contributed by atoms with van der Waals surface area (Å²) in [6, 6.07) is 9.85. The Hall–Kier alpha value is -2.87. The van der Waals surface area contributed by atoms with Crippen molar-refractivity contribution in [1.82, 2.24) is 4.98 Å². The molecule has 28 heavy (non-hydrogen) atoms. The number of rotatable bonds is 7. The van der Waals surface area contributed by atoms with Crippen molar-refractivity contribution in [2.24, 2.45) is 0 Å². The summed E-state index contributed by atoms with van der Waals surface area (Å²) >= 11 is 1.17. The summed E-state index contributed by atoms with van der Waals surface area (Å²) in [6.45, 7) is 2.03. The number of nitrogens with zero attached hydrogens (tertiary/aromatic N) is 2. The van der Waals surface area contributed by atoms with Crippen LogP contribution in [0.15, 0.2) is 36.4 Å². The number of amides is 1. The molecule has 2 aromatic carbocycles. The first-order chi connectivity index (χ1) is 13.4. The summed E-state index contributed by atoms with van der Waals surface area (Å²) in [6.07, 6.45) is 0.318. The lowest BCUT2D eigenvalue weighted by molar-refractivity contribution is -0.138. The van der Waals surface area contributed by atoms with Crippen molar-refractivity contribution in [1.29, 1.82) is 0 Å². The Morgan fingerprint density at radius 1 is 1.18 bits per heavy atom. The molecule has 1 N–H and O–H groups in total. The van der Waals surface area contributed by atoms with Gasteiger partial charge >= 0.3 is 5.97 Å². The van der Waals surface area contributed by atoms with Gasteiger partial charge in [0.2, 0.25) is 5.91 Å². The van der Waals surface area contributed by atoms with E-state index in [0.717, 1.165) is 18.1 Å². The van der Waals surface area contributed by atoms with Gasteiger partial charge in [-0.2, -0.15) is 0 Å².